The molecule has 0 radical (unpaired) electrons. The quantitative estimate of drug-likeness (QED) is 0.723. The molecule has 0 atom stereocenters. The van der Waals surface area contributed by atoms with E-state index < -0.39 is 0 Å². The summed E-state index contributed by atoms with van der Waals surface area (Å²) in [4.78, 5) is 12.8. The van der Waals surface area contributed by atoms with E-state index in [-0.39, 0.29) is 22.9 Å². The van der Waals surface area contributed by atoms with Crippen LogP contribution in [0.5, 0.6) is 23.0 Å². The third-order valence-electron chi connectivity index (χ3n) is 3.76. The molecular weight excluding hydrogens is 312 g/mol. The summed E-state index contributed by atoms with van der Waals surface area (Å²) in [6, 6.07) is 8.17. The molecule has 6 nitrogen and oxygen atoms in total. The highest BCUT2D eigenvalue weighted by Gasteiger charge is 2.20. The van der Waals surface area contributed by atoms with Gasteiger partial charge in [-0.15, -0.1) is 0 Å². The van der Waals surface area contributed by atoms with E-state index in [2.05, 4.69) is 0 Å². The molecule has 0 bridgehead atoms. The number of carbonyl (C=O) groups excluding carboxylic acids is 1. The molecule has 3 rings (SSSR count). The van der Waals surface area contributed by atoms with Crippen LogP contribution in [0.2, 0.25) is 0 Å². The first-order valence-corrected chi connectivity index (χ1v) is 7.14. The van der Waals surface area contributed by atoms with Gasteiger partial charge < -0.3 is 23.7 Å². The Morgan fingerprint density at radius 3 is 2.25 bits per heavy atom. The fourth-order valence-corrected chi connectivity index (χ4v) is 2.50. The van der Waals surface area contributed by atoms with Crippen molar-refractivity contribution in [1.29, 1.82) is 0 Å². The Morgan fingerprint density at radius 1 is 1.00 bits per heavy atom. The van der Waals surface area contributed by atoms with Gasteiger partial charge in [-0.2, -0.15) is 0 Å². The van der Waals surface area contributed by atoms with Crippen molar-refractivity contribution in [1.82, 2.24) is 0 Å². The molecule has 0 aliphatic rings. The highest BCUT2D eigenvalue weighted by atomic mass is 16.5. The van der Waals surface area contributed by atoms with Crippen LogP contribution in [0, 0.1) is 0 Å². The summed E-state index contributed by atoms with van der Waals surface area (Å²) in [5.41, 5.74) is 0.926. The zero-order valence-corrected chi connectivity index (χ0v) is 13.5. The Hall–Kier alpha value is -3.15. The number of ether oxygens (including phenoxy) is 3. The molecule has 6 heteroatoms. The van der Waals surface area contributed by atoms with Gasteiger partial charge in [0.05, 0.1) is 26.9 Å². The second-order valence-electron chi connectivity index (χ2n) is 5.07. The van der Waals surface area contributed by atoms with Crippen molar-refractivity contribution in [3.8, 4) is 23.0 Å². The number of hydrogen-bond acceptors (Lipinski definition) is 6. The van der Waals surface area contributed by atoms with Crippen LogP contribution in [0.3, 0.4) is 0 Å². The Balaban J connectivity index is 2.11. The number of hydrogen-bond donors (Lipinski definition) is 1. The number of aromatic hydroxyl groups is 1. The normalized spacial score (nSPS) is 10.6. The van der Waals surface area contributed by atoms with Crippen molar-refractivity contribution < 1.29 is 28.5 Å². The molecule has 0 amide bonds. The van der Waals surface area contributed by atoms with Crippen LogP contribution >= 0.6 is 0 Å². The summed E-state index contributed by atoms with van der Waals surface area (Å²) in [7, 11) is 4.47. The number of fused-ring (bicyclic) bond motifs is 1. The molecule has 0 unspecified atom stereocenters. The third-order valence-corrected chi connectivity index (χ3v) is 3.76. The van der Waals surface area contributed by atoms with Crippen LogP contribution in [-0.4, -0.2) is 32.2 Å². The van der Waals surface area contributed by atoms with E-state index in [1.54, 1.807) is 30.3 Å². The minimum atomic E-state index is -0.268. The van der Waals surface area contributed by atoms with Gasteiger partial charge in [0.25, 0.3) is 0 Å². The van der Waals surface area contributed by atoms with Crippen LogP contribution < -0.4 is 14.2 Å². The maximum atomic E-state index is 12.8. The second-order valence-corrected chi connectivity index (χ2v) is 5.07. The largest absolute Gasteiger partial charge is 0.502 e. The van der Waals surface area contributed by atoms with Gasteiger partial charge in [0.2, 0.25) is 5.75 Å². The number of phenolic OH excluding ortho intramolecular Hbond substituents is 1. The fraction of sp³-hybridized carbons (Fsp3) is 0.167. The smallest absolute Gasteiger partial charge is 0.202 e. The molecule has 1 heterocycles. The van der Waals surface area contributed by atoms with Crippen molar-refractivity contribution in [3.05, 3.63) is 47.7 Å². The Kier molecular flexibility index (Phi) is 4.04. The van der Waals surface area contributed by atoms with Crippen molar-refractivity contribution in [2.45, 2.75) is 0 Å². The molecular formula is C18H16O6. The molecule has 2 aromatic carbocycles. The maximum absolute atomic E-state index is 12.8. The van der Waals surface area contributed by atoms with E-state index in [0.717, 1.165) is 0 Å². The molecule has 124 valence electrons. The monoisotopic (exact) mass is 328 g/mol. The fourth-order valence-electron chi connectivity index (χ4n) is 2.50. The number of rotatable bonds is 5. The lowest BCUT2D eigenvalue weighted by Crippen LogP contribution is -2.02. The van der Waals surface area contributed by atoms with Gasteiger partial charge in [0, 0.05) is 17.0 Å². The number of furan rings is 1. The van der Waals surface area contributed by atoms with Gasteiger partial charge in [0.1, 0.15) is 17.8 Å². The van der Waals surface area contributed by atoms with Crippen molar-refractivity contribution >= 4 is 16.8 Å². The number of carbonyl (C=O) groups is 1. The Labute approximate surface area is 138 Å². The molecule has 0 fully saturated rings. The summed E-state index contributed by atoms with van der Waals surface area (Å²) >= 11 is 0. The van der Waals surface area contributed by atoms with Crippen LogP contribution in [0.1, 0.15) is 15.9 Å². The molecule has 24 heavy (non-hydrogen) atoms. The number of benzene rings is 2. The molecule has 0 aliphatic heterocycles. The predicted molar refractivity (Wildman–Crippen MR) is 87.4 cm³/mol. The summed E-state index contributed by atoms with van der Waals surface area (Å²) in [5, 5.41) is 10.6. The van der Waals surface area contributed by atoms with Crippen LogP contribution in [0.4, 0.5) is 0 Å². The topological polar surface area (TPSA) is 78.1 Å². The molecule has 0 saturated heterocycles. The first-order chi connectivity index (χ1) is 11.6. The first-order valence-electron chi connectivity index (χ1n) is 7.14. The van der Waals surface area contributed by atoms with E-state index in [4.69, 9.17) is 18.6 Å². The van der Waals surface area contributed by atoms with Gasteiger partial charge in [-0.25, -0.2) is 0 Å². The van der Waals surface area contributed by atoms with Crippen LogP contribution in [-0.2, 0) is 0 Å². The average molecular weight is 328 g/mol. The summed E-state index contributed by atoms with van der Waals surface area (Å²) in [6.07, 6.45) is 1.32. The van der Waals surface area contributed by atoms with Gasteiger partial charge in [-0.3, -0.25) is 4.79 Å². The summed E-state index contributed by atoms with van der Waals surface area (Å²) < 4.78 is 20.8. The lowest BCUT2D eigenvalue weighted by molar-refractivity contribution is 0.103. The van der Waals surface area contributed by atoms with Gasteiger partial charge in [-0.05, 0) is 24.3 Å². The highest BCUT2D eigenvalue weighted by molar-refractivity contribution is 6.16. The van der Waals surface area contributed by atoms with Crippen molar-refractivity contribution in [3.63, 3.8) is 0 Å². The maximum Gasteiger partial charge on any atom is 0.202 e. The summed E-state index contributed by atoms with van der Waals surface area (Å²) in [5.74, 6) is 0.886. The third kappa shape index (κ3) is 2.52. The second kappa shape index (κ2) is 6.16. The Morgan fingerprint density at radius 2 is 1.67 bits per heavy atom. The van der Waals surface area contributed by atoms with Crippen molar-refractivity contribution in [2.75, 3.05) is 21.3 Å². The first kappa shape index (κ1) is 15.7. The molecule has 0 saturated carbocycles. The number of ketones is 1. The SMILES string of the molecule is COc1cc(OC)cc(C(=O)c2coc3c(O)c(OC)ccc23)c1. The van der Waals surface area contributed by atoms with E-state index in [0.29, 0.717) is 28.0 Å². The molecule has 3 aromatic rings. The van der Waals surface area contributed by atoms with E-state index in [1.807, 2.05) is 0 Å². The highest BCUT2D eigenvalue weighted by Crippen LogP contribution is 2.37. The van der Waals surface area contributed by atoms with Gasteiger partial charge in [0.15, 0.2) is 17.1 Å². The van der Waals surface area contributed by atoms with Gasteiger partial charge in [-0.1, -0.05) is 0 Å². The van der Waals surface area contributed by atoms with Crippen LogP contribution in [0.25, 0.3) is 11.0 Å². The lowest BCUT2D eigenvalue weighted by Gasteiger charge is -2.07. The standard InChI is InChI=1S/C18H16O6/c1-21-11-6-10(7-12(8-11)22-2)16(19)14-9-24-18-13(14)4-5-15(23-3)17(18)20/h4-9,20H,1-3H3. The number of phenols is 1. The summed E-state index contributed by atoms with van der Waals surface area (Å²) in [6.45, 7) is 0. The lowest BCUT2D eigenvalue weighted by atomic mass is 10.0. The zero-order valence-electron chi connectivity index (χ0n) is 13.5. The molecule has 0 aliphatic carbocycles. The average Bonchev–Trinajstić information content (AvgIpc) is 3.05. The minimum absolute atomic E-state index is 0.141. The van der Waals surface area contributed by atoms with Crippen LogP contribution in [0.15, 0.2) is 41.0 Å². The number of methoxy groups -OCH3 is 3. The predicted octanol–water partition coefficient (Wildman–Crippen LogP) is 3.40. The Bertz CT molecular complexity index is 887. The van der Waals surface area contributed by atoms with Gasteiger partial charge >= 0.3 is 0 Å². The molecule has 1 N–H and O–H groups in total. The van der Waals surface area contributed by atoms with E-state index >= 15 is 0 Å². The molecule has 0 spiro atoms. The van der Waals surface area contributed by atoms with E-state index in [9.17, 15) is 9.90 Å². The zero-order chi connectivity index (χ0) is 17.3. The minimum Gasteiger partial charge on any atom is -0.502 e. The molecule has 1 aromatic heterocycles. The van der Waals surface area contributed by atoms with Crippen molar-refractivity contribution in [2.24, 2.45) is 0 Å². The van der Waals surface area contributed by atoms with E-state index in [1.165, 1.54) is 27.6 Å².